The molecule has 0 unspecified atom stereocenters. The number of anilines is 3. The largest absolute Gasteiger partial charge is 0.497 e. The summed E-state index contributed by atoms with van der Waals surface area (Å²) in [6, 6.07) is 9.18. The van der Waals surface area contributed by atoms with Gasteiger partial charge in [0.25, 0.3) is 0 Å². The first-order chi connectivity index (χ1) is 17.4. The molecule has 10 heteroatoms. The van der Waals surface area contributed by atoms with E-state index >= 15 is 0 Å². The van der Waals surface area contributed by atoms with Crippen LogP contribution in [-0.4, -0.2) is 55.2 Å². The van der Waals surface area contributed by atoms with E-state index in [1.807, 2.05) is 24.3 Å². The molecule has 0 radical (unpaired) electrons. The van der Waals surface area contributed by atoms with Crippen molar-refractivity contribution in [3.63, 3.8) is 0 Å². The van der Waals surface area contributed by atoms with Crippen molar-refractivity contribution >= 4 is 46.7 Å². The molecule has 2 N–H and O–H groups in total. The average Bonchev–Trinajstić information content (AvgIpc) is 2.91. The van der Waals surface area contributed by atoms with E-state index in [-0.39, 0.29) is 5.91 Å². The number of pyridine rings is 1. The molecule has 3 aromatic rings. The molecule has 0 spiro atoms. The van der Waals surface area contributed by atoms with E-state index in [1.54, 1.807) is 39.6 Å². The molecule has 2 aromatic heterocycles. The number of ether oxygens (including phenoxy) is 2. The second-order valence-corrected chi connectivity index (χ2v) is 8.34. The van der Waals surface area contributed by atoms with E-state index in [2.05, 4.69) is 32.1 Å². The summed E-state index contributed by atoms with van der Waals surface area (Å²) in [5, 5.41) is 6.21. The summed E-state index contributed by atoms with van der Waals surface area (Å²) >= 11 is 6.70. The van der Waals surface area contributed by atoms with E-state index in [9.17, 15) is 4.79 Å². The van der Waals surface area contributed by atoms with Gasteiger partial charge in [-0.05, 0) is 35.9 Å². The Morgan fingerprint density at radius 3 is 2.81 bits per heavy atom. The van der Waals surface area contributed by atoms with Crippen LogP contribution in [0.25, 0.3) is 11.6 Å². The first-order valence-corrected chi connectivity index (χ1v) is 11.6. The molecular formula is C26H27ClN6O3. The van der Waals surface area contributed by atoms with Gasteiger partial charge < -0.3 is 25.0 Å². The van der Waals surface area contributed by atoms with E-state index in [1.165, 1.54) is 6.08 Å². The molecule has 0 atom stereocenters. The van der Waals surface area contributed by atoms with Gasteiger partial charge in [0.2, 0.25) is 11.9 Å². The number of nitrogens with one attached hydrogen (secondary N) is 2. The third kappa shape index (κ3) is 5.41. The molecule has 36 heavy (non-hydrogen) atoms. The predicted octanol–water partition coefficient (Wildman–Crippen LogP) is 4.31. The maximum Gasteiger partial charge on any atom is 0.248 e. The normalized spacial score (nSPS) is 12.3. The third-order valence-electron chi connectivity index (χ3n) is 5.71. The Bertz CT molecular complexity index is 1330. The summed E-state index contributed by atoms with van der Waals surface area (Å²) in [5.41, 5.74) is 3.49. The fourth-order valence-corrected chi connectivity index (χ4v) is 4.21. The molecule has 0 fully saturated rings. The zero-order chi connectivity index (χ0) is 25.7. The molecule has 4 rings (SSSR count). The van der Waals surface area contributed by atoms with Crippen LogP contribution in [0.4, 0.5) is 17.6 Å². The Balaban J connectivity index is 1.66. The van der Waals surface area contributed by atoms with Gasteiger partial charge in [-0.15, -0.1) is 0 Å². The van der Waals surface area contributed by atoms with Gasteiger partial charge >= 0.3 is 0 Å². The molecule has 1 aromatic carbocycles. The fraction of sp³-hybridized carbons (Fsp3) is 0.231. The number of aromatic nitrogens is 3. The van der Waals surface area contributed by atoms with E-state index in [0.717, 1.165) is 28.2 Å². The van der Waals surface area contributed by atoms with Crippen molar-refractivity contribution in [3.8, 4) is 11.5 Å². The minimum atomic E-state index is -0.304. The summed E-state index contributed by atoms with van der Waals surface area (Å²) in [6.07, 6.45) is 5.66. The number of fused-ring (bicyclic) bond motifs is 1. The van der Waals surface area contributed by atoms with Gasteiger partial charge in [-0.2, -0.15) is 4.98 Å². The van der Waals surface area contributed by atoms with Gasteiger partial charge in [-0.3, -0.25) is 4.79 Å². The van der Waals surface area contributed by atoms with Crippen LogP contribution in [0, 0.1) is 0 Å². The van der Waals surface area contributed by atoms with E-state index < -0.39 is 0 Å². The molecule has 0 aliphatic carbocycles. The van der Waals surface area contributed by atoms with Crippen LogP contribution in [0.3, 0.4) is 0 Å². The summed E-state index contributed by atoms with van der Waals surface area (Å²) in [5.74, 6) is 2.69. The van der Waals surface area contributed by atoms with Crippen molar-refractivity contribution in [3.05, 3.63) is 71.0 Å². The van der Waals surface area contributed by atoms with Crippen LogP contribution < -0.4 is 25.0 Å². The lowest BCUT2D eigenvalue weighted by Gasteiger charge is -2.31. The van der Waals surface area contributed by atoms with Crippen molar-refractivity contribution < 1.29 is 14.3 Å². The van der Waals surface area contributed by atoms with E-state index in [4.69, 9.17) is 26.1 Å². The molecule has 1 aliphatic rings. The molecular weight excluding hydrogens is 480 g/mol. The lowest BCUT2D eigenvalue weighted by molar-refractivity contribution is -0.111. The quantitative estimate of drug-likeness (QED) is 0.414. The number of carbonyl (C=O) groups is 1. The van der Waals surface area contributed by atoms with Gasteiger partial charge in [0.05, 0.1) is 19.2 Å². The topological polar surface area (TPSA) is 102 Å². The monoisotopic (exact) mass is 506 g/mol. The number of carbonyl (C=O) groups excluding carboxylic acids is 1. The summed E-state index contributed by atoms with van der Waals surface area (Å²) in [4.78, 5) is 27.5. The van der Waals surface area contributed by atoms with Crippen molar-refractivity contribution in [2.24, 2.45) is 0 Å². The summed E-state index contributed by atoms with van der Waals surface area (Å²) < 4.78 is 10.9. The Kier molecular flexibility index (Phi) is 7.70. The van der Waals surface area contributed by atoms with Crippen molar-refractivity contribution in [2.45, 2.75) is 6.42 Å². The van der Waals surface area contributed by atoms with Crippen molar-refractivity contribution in [1.82, 2.24) is 15.0 Å². The number of rotatable bonds is 9. The number of methoxy groups -OCH3 is 2. The first kappa shape index (κ1) is 25.0. The average molecular weight is 507 g/mol. The number of benzene rings is 1. The SMILES string of the molecule is C=CC(=O)Nc1cccc(CCN2CC(c3cc(OC)cc(OC)c3Cl)=Cc3cnc(NC)nc32)n1. The molecule has 0 saturated heterocycles. The molecule has 9 nitrogen and oxygen atoms in total. The Morgan fingerprint density at radius 1 is 1.25 bits per heavy atom. The van der Waals surface area contributed by atoms with Gasteiger partial charge in [0.1, 0.15) is 23.1 Å². The van der Waals surface area contributed by atoms with Gasteiger partial charge in [0.15, 0.2) is 0 Å². The molecule has 1 aliphatic heterocycles. The highest BCUT2D eigenvalue weighted by atomic mass is 35.5. The Hall–Kier alpha value is -4.11. The number of halogens is 1. The number of nitrogens with zero attached hydrogens (tertiary/aromatic N) is 4. The zero-order valence-corrected chi connectivity index (χ0v) is 21.1. The lowest BCUT2D eigenvalue weighted by atomic mass is 9.98. The molecule has 1 amide bonds. The second kappa shape index (κ2) is 11.1. The highest BCUT2D eigenvalue weighted by Gasteiger charge is 2.24. The zero-order valence-electron chi connectivity index (χ0n) is 20.3. The maximum atomic E-state index is 11.7. The molecule has 0 bridgehead atoms. The van der Waals surface area contributed by atoms with Gasteiger partial charge in [-0.1, -0.05) is 24.2 Å². The van der Waals surface area contributed by atoms with Crippen LogP contribution >= 0.6 is 11.6 Å². The molecule has 0 saturated carbocycles. The Labute approximate surface area is 214 Å². The number of amides is 1. The smallest absolute Gasteiger partial charge is 0.248 e. The molecule has 186 valence electrons. The summed E-state index contributed by atoms with van der Waals surface area (Å²) in [6.45, 7) is 4.65. The standard InChI is InChI=1S/C26H27ClN6O3/c1-5-23(34)31-22-8-6-7-18(30-22)9-10-33-15-17(11-16-14-29-26(28-2)32-25(16)33)20-12-19(35-3)13-21(36-4)24(20)27/h5-8,11-14H,1,9-10,15H2,2-4H3,(H,28,29,32)(H,30,31,34). The van der Waals surface area contributed by atoms with Crippen molar-refractivity contribution in [2.75, 3.05) is 49.9 Å². The number of hydrogen-bond donors (Lipinski definition) is 2. The highest BCUT2D eigenvalue weighted by molar-refractivity contribution is 6.34. The second-order valence-electron chi connectivity index (χ2n) is 7.96. The van der Waals surface area contributed by atoms with Gasteiger partial charge in [0, 0.05) is 55.6 Å². The van der Waals surface area contributed by atoms with Crippen LogP contribution in [0.2, 0.25) is 5.02 Å². The van der Waals surface area contributed by atoms with Crippen LogP contribution in [-0.2, 0) is 11.2 Å². The first-order valence-electron chi connectivity index (χ1n) is 11.3. The number of hydrogen-bond acceptors (Lipinski definition) is 8. The van der Waals surface area contributed by atoms with Crippen molar-refractivity contribution in [1.29, 1.82) is 0 Å². The summed E-state index contributed by atoms with van der Waals surface area (Å²) in [7, 11) is 4.97. The molecule has 3 heterocycles. The van der Waals surface area contributed by atoms with Crippen LogP contribution in [0.1, 0.15) is 16.8 Å². The minimum Gasteiger partial charge on any atom is -0.497 e. The maximum absolute atomic E-state index is 11.7. The fourth-order valence-electron chi connectivity index (χ4n) is 3.91. The third-order valence-corrected chi connectivity index (χ3v) is 6.10. The highest BCUT2D eigenvalue weighted by Crippen LogP contribution is 2.40. The lowest BCUT2D eigenvalue weighted by Crippen LogP contribution is -2.32. The Morgan fingerprint density at radius 2 is 2.08 bits per heavy atom. The van der Waals surface area contributed by atoms with E-state index in [0.29, 0.717) is 47.8 Å². The van der Waals surface area contributed by atoms with Crippen LogP contribution in [0.15, 0.2) is 49.2 Å². The minimum absolute atomic E-state index is 0.304. The van der Waals surface area contributed by atoms with Crippen LogP contribution in [0.5, 0.6) is 11.5 Å². The predicted molar refractivity (Wildman–Crippen MR) is 143 cm³/mol. The van der Waals surface area contributed by atoms with Gasteiger partial charge in [-0.25, -0.2) is 9.97 Å².